The maximum Gasteiger partial charge on any atom is 0.262 e. The van der Waals surface area contributed by atoms with Gasteiger partial charge in [-0.05, 0) is 6.92 Å². The fraction of sp³-hybridized carbons (Fsp3) is 0.545. The molecule has 0 radical (unpaired) electrons. The summed E-state index contributed by atoms with van der Waals surface area (Å²) in [6, 6.07) is 0. The molecule has 0 atom stereocenters. The molecule has 1 N–H and O–H groups in total. The van der Waals surface area contributed by atoms with Gasteiger partial charge in [-0.3, -0.25) is 4.40 Å². The smallest absolute Gasteiger partial charge is 0.262 e. The second kappa shape index (κ2) is 5.48. The van der Waals surface area contributed by atoms with Crippen LogP contribution in [0.1, 0.15) is 20.8 Å². The van der Waals surface area contributed by atoms with Gasteiger partial charge in [0.2, 0.25) is 0 Å². The molecule has 2 aromatic heterocycles. The SMILES string of the molecule is CCNc1nc2sccn2c1S(=O)(=O)N(CC)CC. The van der Waals surface area contributed by atoms with Crippen LogP contribution in [-0.2, 0) is 10.0 Å². The van der Waals surface area contributed by atoms with Crippen molar-refractivity contribution in [3.63, 3.8) is 0 Å². The van der Waals surface area contributed by atoms with Gasteiger partial charge in [0.15, 0.2) is 15.8 Å². The number of sulfonamides is 1. The van der Waals surface area contributed by atoms with E-state index in [1.807, 2.05) is 26.2 Å². The van der Waals surface area contributed by atoms with Gasteiger partial charge < -0.3 is 5.32 Å². The summed E-state index contributed by atoms with van der Waals surface area (Å²) in [6.07, 6.45) is 1.74. The molecule has 0 aliphatic carbocycles. The van der Waals surface area contributed by atoms with Crippen LogP contribution in [0.15, 0.2) is 16.6 Å². The van der Waals surface area contributed by atoms with E-state index in [2.05, 4.69) is 10.3 Å². The molecule has 0 aliphatic heterocycles. The summed E-state index contributed by atoms with van der Waals surface area (Å²) in [5.74, 6) is 0.432. The van der Waals surface area contributed by atoms with Gasteiger partial charge in [0.1, 0.15) is 0 Å². The highest BCUT2D eigenvalue weighted by Gasteiger charge is 2.30. The van der Waals surface area contributed by atoms with E-state index < -0.39 is 10.0 Å². The van der Waals surface area contributed by atoms with Gasteiger partial charge in [-0.2, -0.15) is 4.31 Å². The molecule has 0 bridgehead atoms. The van der Waals surface area contributed by atoms with Crippen molar-refractivity contribution in [2.24, 2.45) is 0 Å². The van der Waals surface area contributed by atoms with Gasteiger partial charge >= 0.3 is 0 Å². The average molecular weight is 302 g/mol. The molecule has 2 aromatic rings. The molecule has 0 spiro atoms. The monoisotopic (exact) mass is 302 g/mol. The normalized spacial score (nSPS) is 12.4. The van der Waals surface area contributed by atoms with Crippen molar-refractivity contribution in [2.45, 2.75) is 25.8 Å². The Kier molecular flexibility index (Phi) is 4.12. The molecule has 0 amide bonds. The molecule has 2 heterocycles. The Morgan fingerprint density at radius 1 is 1.37 bits per heavy atom. The first-order valence-corrected chi connectivity index (χ1v) is 8.57. The molecule has 0 aromatic carbocycles. The van der Waals surface area contributed by atoms with E-state index in [1.54, 1.807) is 10.6 Å². The second-order valence-corrected chi connectivity index (χ2v) is 6.67. The lowest BCUT2D eigenvalue weighted by molar-refractivity contribution is 0.442. The Bertz CT molecular complexity index is 655. The van der Waals surface area contributed by atoms with Crippen LogP contribution in [-0.4, -0.2) is 41.7 Å². The molecule has 0 unspecified atom stereocenters. The lowest BCUT2D eigenvalue weighted by atomic mass is 10.6. The molecular weight excluding hydrogens is 284 g/mol. The van der Waals surface area contributed by atoms with Gasteiger partial charge in [0.05, 0.1) is 0 Å². The third kappa shape index (κ3) is 2.35. The summed E-state index contributed by atoms with van der Waals surface area (Å²) in [6.45, 7) is 7.11. The number of nitrogens with one attached hydrogen (secondary N) is 1. The van der Waals surface area contributed by atoms with E-state index in [4.69, 9.17) is 0 Å². The summed E-state index contributed by atoms with van der Waals surface area (Å²) in [7, 11) is -3.53. The summed E-state index contributed by atoms with van der Waals surface area (Å²) < 4.78 is 28.5. The van der Waals surface area contributed by atoms with Crippen LogP contribution in [0.3, 0.4) is 0 Å². The molecule has 0 saturated heterocycles. The highest BCUT2D eigenvalue weighted by molar-refractivity contribution is 7.89. The Morgan fingerprint density at radius 2 is 2.05 bits per heavy atom. The van der Waals surface area contributed by atoms with Crippen LogP contribution in [0.4, 0.5) is 5.82 Å². The summed E-state index contributed by atoms with van der Waals surface area (Å²) in [5, 5.41) is 5.09. The third-order valence-electron chi connectivity index (χ3n) is 2.85. The largest absolute Gasteiger partial charge is 0.368 e. The number of aromatic nitrogens is 2. The molecule has 106 valence electrons. The van der Waals surface area contributed by atoms with Gasteiger partial charge in [0, 0.05) is 31.2 Å². The molecule has 0 saturated carbocycles. The molecule has 19 heavy (non-hydrogen) atoms. The fourth-order valence-corrected chi connectivity index (χ4v) is 4.43. The quantitative estimate of drug-likeness (QED) is 0.884. The number of nitrogens with zero attached hydrogens (tertiary/aromatic N) is 3. The molecule has 6 nitrogen and oxygen atoms in total. The van der Waals surface area contributed by atoms with Crippen LogP contribution in [0.25, 0.3) is 4.96 Å². The number of hydrogen-bond donors (Lipinski definition) is 1. The van der Waals surface area contributed by atoms with Gasteiger partial charge in [0.25, 0.3) is 10.0 Å². The number of imidazole rings is 1. The van der Waals surface area contributed by atoms with Crippen LogP contribution in [0.2, 0.25) is 0 Å². The van der Waals surface area contributed by atoms with E-state index >= 15 is 0 Å². The maximum atomic E-state index is 12.7. The van der Waals surface area contributed by atoms with E-state index in [0.717, 1.165) is 0 Å². The average Bonchev–Trinajstić information content (AvgIpc) is 2.90. The first-order valence-electron chi connectivity index (χ1n) is 6.25. The number of hydrogen-bond acceptors (Lipinski definition) is 5. The van der Waals surface area contributed by atoms with Crippen molar-refractivity contribution in [1.29, 1.82) is 0 Å². The zero-order valence-electron chi connectivity index (χ0n) is 11.3. The van der Waals surface area contributed by atoms with Crippen molar-refractivity contribution in [3.8, 4) is 0 Å². The van der Waals surface area contributed by atoms with Gasteiger partial charge in [-0.15, -0.1) is 11.3 Å². The maximum absolute atomic E-state index is 12.7. The highest BCUT2D eigenvalue weighted by Crippen LogP contribution is 2.28. The Labute approximate surface area is 117 Å². The summed E-state index contributed by atoms with van der Waals surface area (Å²) in [5.41, 5.74) is 0. The minimum absolute atomic E-state index is 0.231. The molecule has 0 fully saturated rings. The lowest BCUT2D eigenvalue weighted by Crippen LogP contribution is -2.32. The summed E-state index contributed by atoms with van der Waals surface area (Å²) in [4.78, 5) is 5.03. The predicted molar refractivity (Wildman–Crippen MR) is 77.3 cm³/mol. The predicted octanol–water partition coefficient (Wildman–Crippen LogP) is 1.86. The standard InChI is InChI=1S/C11H18N4O2S2/c1-4-12-9-10(15-7-8-18-11(15)13-9)19(16,17)14(5-2)6-3/h7-8,12H,4-6H2,1-3H3. The van der Waals surface area contributed by atoms with E-state index in [1.165, 1.54) is 15.6 Å². The fourth-order valence-electron chi connectivity index (χ4n) is 1.98. The molecule has 8 heteroatoms. The molecule has 0 aliphatic rings. The highest BCUT2D eigenvalue weighted by atomic mass is 32.2. The minimum atomic E-state index is -3.53. The number of thiazole rings is 1. The number of anilines is 1. The van der Waals surface area contributed by atoms with Crippen LogP contribution in [0.5, 0.6) is 0 Å². The van der Waals surface area contributed by atoms with E-state index in [0.29, 0.717) is 30.4 Å². The summed E-state index contributed by atoms with van der Waals surface area (Å²) >= 11 is 1.42. The minimum Gasteiger partial charge on any atom is -0.368 e. The van der Waals surface area contributed by atoms with Crippen LogP contribution < -0.4 is 5.32 Å². The van der Waals surface area contributed by atoms with E-state index in [9.17, 15) is 8.42 Å². The van der Waals surface area contributed by atoms with Crippen molar-refractivity contribution < 1.29 is 8.42 Å². The zero-order valence-corrected chi connectivity index (χ0v) is 12.9. The van der Waals surface area contributed by atoms with E-state index in [-0.39, 0.29) is 5.03 Å². The van der Waals surface area contributed by atoms with Crippen molar-refractivity contribution in [2.75, 3.05) is 25.0 Å². The Hall–Kier alpha value is -1.12. The Morgan fingerprint density at radius 3 is 2.63 bits per heavy atom. The van der Waals surface area contributed by atoms with Gasteiger partial charge in [-0.25, -0.2) is 13.4 Å². The van der Waals surface area contributed by atoms with Crippen LogP contribution >= 0.6 is 11.3 Å². The zero-order chi connectivity index (χ0) is 14.0. The Balaban J connectivity index is 2.64. The molecular formula is C11H18N4O2S2. The van der Waals surface area contributed by atoms with Crippen molar-refractivity contribution in [3.05, 3.63) is 11.6 Å². The first-order chi connectivity index (χ1) is 9.06. The van der Waals surface area contributed by atoms with Crippen LogP contribution in [0, 0.1) is 0 Å². The second-order valence-electron chi connectivity index (χ2n) is 3.94. The lowest BCUT2D eigenvalue weighted by Gasteiger charge is -2.18. The number of rotatable bonds is 6. The topological polar surface area (TPSA) is 66.7 Å². The van der Waals surface area contributed by atoms with Gasteiger partial charge in [-0.1, -0.05) is 13.8 Å². The third-order valence-corrected chi connectivity index (χ3v) is 5.68. The number of fused-ring (bicyclic) bond motifs is 1. The first kappa shape index (κ1) is 14.3. The van der Waals surface area contributed by atoms with Crippen molar-refractivity contribution >= 4 is 32.1 Å². The van der Waals surface area contributed by atoms with Crippen molar-refractivity contribution in [1.82, 2.24) is 13.7 Å². The molecule has 2 rings (SSSR count).